The highest BCUT2D eigenvalue weighted by molar-refractivity contribution is 5.71. The molecule has 0 heterocycles. The van der Waals surface area contributed by atoms with Crippen molar-refractivity contribution in [3.63, 3.8) is 0 Å². The summed E-state index contributed by atoms with van der Waals surface area (Å²) in [5.41, 5.74) is 0. The Morgan fingerprint density at radius 2 is 0.429 bits per heavy atom. The summed E-state index contributed by atoms with van der Waals surface area (Å²) in [6, 6.07) is 0. The summed E-state index contributed by atoms with van der Waals surface area (Å²) in [6.07, 6.45) is 59.3. The molecular formula is C57H110O6. The monoisotopic (exact) mass is 891 g/mol. The molecule has 0 saturated carbocycles. The van der Waals surface area contributed by atoms with Crippen molar-refractivity contribution in [2.75, 3.05) is 13.2 Å². The lowest BCUT2D eigenvalue weighted by atomic mass is 10.0. The van der Waals surface area contributed by atoms with E-state index >= 15 is 0 Å². The Labute approximate surface area is 393 Å². The number of ether oxygens (including phenoxy) is 3. The zero-order valence-corrected chi connectivity index (χ0v) is 42.9. The van der Waals surface area contributed by atoms with Gasteiger partial charge < -0.3 is 14.2 Å². The van der Waals surface area contributed by atoms with E-state index in [1.54, 1.807) is 0 Å². The number of carbonyl (C=O) groups excluding carboxylic acids is 3. The van der Waals surface area contributed by atoms with Crippen LogP contribution >= 0.6 is 0 Å². The van der Waals surface area contributed by atoms with Crippen molar-refractivity contribution < 1.29 is 28.6 Å². The van der Waals surface area contributed by atoms with Crippen LogP contribution in [0.2, 0.25) is 0 Å². The van der Waals surface area contributed by atoms with Crippen molar-refractivity contribution in [1.29, 1.82) is 0 Å². The third kappa shape index (κ3) is 51.3. The molecule has 0 aliphatic carbocycles. The molecule has 0 bridgehead atoms. The van der Waals surface area contributed by atoms with Gasteiger partial charge in [-0.2, -0.15) is 0 Å². The van der Waals surface area contributed by atoms with Crippen LogP contribution in [-0.2, 0) is 28.6 Å². The fraction of sp³-hybridized carbons (Fsp3) is 0.947. The molecule has 0 saturated heterocycles. The van der Waals surface area contributed by atoms with Gasteiger partial charge in [0.25, 0.3) is 0 Å². The second-order valence-electron chi connectivity index (χ2n) is 19.6. The van der Waals surface area contributed by atoms with Gasteiger partial charge in [-0.3, -0.25) is 14.4 Å². The maximum absolute atomic E-state index is 12.5. The average molecular weight is 892 g/mol. The molecule has 6 nitrogen and oxygen atoms in total. The molecule has 0 amide bonds. The Hall–Kier alpha value is -1.59. The summed E-state index contributed by atoms with van der Waals surface area (Å²) in [6.45, 7) is 6.53. The Kier molecular flexibility index (Phi) is 51.7. The number of esters is 3. The lowest BCUT2D eigenvalue weighted by molar-refractivity contribution is -0.167. The van der Waals surface area contributed by atoms with E-state index in [2.05, 4.69) is 20.8 Å². The highest BCUT2D eigenvalue weighted by atomic mass is 16.6. The lowest BCUT2D eigenvalue weighted by Crippen LogP contribution is -2.30. The number of hydrogen-bond donors (Lipinski definition) is 0. The third-order valence-electron chi connectivity index (χ3n) is 13.1. The molecule has 0 aromatic heterocycles. The molecule has 63 heavy (non-hydrogen) atoms. The van der Waals surface area contributed by atoms with Gasteiger partial charge in [-0.25, -0.2) is 0 Å². The van der Waals surface area contributed by atoms with Crippen LogP contribution in [0, 0.1) is 0 Å². The highest BCUT2D eigenvalue weighted by Gasteiger charge is 2.19. The summed E-state index contributed by atoms with van der Waals surface area (Å²) in [5.74, 6) is -0.875. The number of carbonyl (C=O) groups is 3. The predicted octanol–water partition coefficient (Wildman–Crippen LogP) is 18.8. The molecule has 1 unspecified atom stereocenters. The summed E-state index contributed by atoms with van der Waals surface area (Å²) in [7, 11) is 0. The molecule has 0 aliphatic heterocycles. The van der Waals surface area contributed by atoms with Crippen LogP contribution in [0.1, 0.15) is 329 Å². The maximum Gasteiger partial charge on any atom is 0.306 e. The number of rotatable bonds is 53. The van der Waals surface area contributed by atoms with Gasteiger partial charge in [-0.15, -0.1) is 0 Å². The lowest BCUT2D eigenvalue weighted by Gasteiger charge is -2.18. The van der Waals surface area contributed by atoms with E-state index in [0.717, 1.165) is 64.2 Å². The van der Waals surface area contributed by atoms with Gasteiger partial charge in [0, 0.05) is 19.3 Å². The summed E-state index contributed by atoms with van der Waals surface area (Å²) >= 11 is 0. The van der Waals surface area contributed by atoms with Crippen LogP contribution in [0.25, 0.3) is 0 Å². The first-order valence-corrected chi connectivity index (χ1v) is 28.5. The Morgan fingerprint density at radius 3 is 0.635 bits per heavy atom. The Balaban J connectivity index is 3.65. The molecular weight excluding hydrogens is 781 g/mol. The van der Waals surface area contributed by atoms with Crippen LogP contribution in [0.15, 0.2) is 0 Å². The first kappa shape index (κ1) is 61.4. The molecule has 0 rings (SSSR count). The molecule has 0 spiro atoms. The minimum Gasteiger partial charge on any atom is -0.462 e. The SMILES string of the molecule is CCCCCCCCCCCCCCCCCCCCCCCCCCCCCCCCCCCCC(=O)OCC(COC(=O)CCCCCCC)OC(=O)CCCCCCCC. The largest absolute Gasteiger partial charge is 0.462 e. The Bertz CT molecular complexity index is 936. The van der Waals surface area contributed by atoms with Gasteiger partial charge in [0.15, 0.2) is 6.10 Å². The van der Waals surface area contributed by atoms with Crippen molar-refractivity contribution in [3.8, 4) is 0 Å². The highest BCUT2D eigenvalue weighted by Crippen LogP contribution is 2.18. The van der Waals surface area contributed by atoms with Crippen LogP contribution in [0.5, 0.6) is 0 Å². The van der Waals surface area contributed by atoms with Crippen molar-refractivity contribution in [3.05, 3.63) is 0 Å². The molecule has 6 heteroatoms. The standard InChI is InChI=1S/C57H110O6/c1-4-7-10-13-15-16-17-18-19-20-21-22-23-24-25-26-27-28-29-30-31-32-33-34-35-36-37-38-39-40-41-42-45-47-50-56(59)62-53-54(52-61-55(58)49-46-43-12-9-6-3)63-57(60)51-48-44-14-11-8-5-2/h54H,4-53H2,1-3H3. The normalized spacial score (nSPS) is 11.9. The van der Waals surface area contributed by atoms with E-state index in [-0.39, 0.29) is 31.1 Å². The van der Waals surface area contributed by atoms with E-state index in [4.69, 9.17) is 14.2 Å². The second kappa shape index (κ2) is 53.0. The fourth-order valence-electron chi connectivity index (χ4n) is 8.80. The molecule has 0 radical (unpaired) electrons. The number of hydrogen-bond acceptors (Lipinski definition) is 6. The number of unbranched alkanes of at least 4 members (excludes halogenated alkanes) is 42. The molecule has 1 atom stereocenters. The Morgan fingerprint density at radius 1 is 0.254 bits per heavy atom. The first-order chi connectivity index (χ1) is 31.0. The average Bonchev–Trinajstić information content (AvgIpc) is 3.28. The van der Waals surface area contributed by atoms with Gasteiger partial charge in [0.2, 0.25) is 0 Å². The zero-order valence-electron chi connectivity index (χ0n) is 42.9. The van der Waals surface area contributed by atoms with Crippen molar-refractivity contribution >= 4 is 17.9 Å². The van der Waals surface area contributed by atoms with E-state index < -0.39 is 6.10 Å². The van der Waals surface area contributed by atoms with Crippen molar-refractivity contribution in [1.82, 2.24) is 0 Å². The van der Waals surface area contributed by atoms with Crippen LogP contribution in [0.3, 0.4) is 0 Å². The summed E-state index contributed by atoms with van der Waals surface area (Å²) in [5, 5.41) is 0. The van der Waals surface area contributed by atoms with Gasteiger partial charge >= 0.3 is 17.9 Å². The fourth-order valence-corrected chi connectivity index (χ4v) is 8.80. The van der Waals surface area contributed by atoms with E-state index in [0.29, 0.717) is 19.3 Å². The van der Waals surface area contributed by atoms with Crippen molar-refractivity contribution in [2.24, 2.45) is 0 Å². The van der Waals surface area contributed by atoms with Crippen LogP contribution in [0.4, 0.5) is 0 Å². The predicted molar refractivity (Wildman–Crippen MR) is 270 cm³/mol. The van der Waals surface area contributed by atoms with Gasteiger partial charge in [-0.05, 0) is 19.3 Å². The topological polar surface area (TPSA) is 78.9 Å². The van der Waals surface area contributed by atoms with Gasteiger partial charge in [-0.1, -0.05) is 290 Å². The summed E-state index contributed by atoms with van der Waals surface area (Å²) in [4.78, 5) is 37.3. The smallest absolute Gasteiger partial charge is 0.306 e. The van der Waals surface area contributed by atoms with Crippen LogP contribution < -0.4 is 0 Å². The second-order valence-corrected chi connectivity index (χ2v) is 19.6. The quantitative estimate of drug-likeness (QED) is 0.0344. The van der Waals surface area contributed by atoms with E-state index in [9.17, 15) is 14.4 Å². The van der Waals surface area contributed by atoms with E-state index in [1.165, 1.54) is 225 Å². The van der Waals surface area contributed by atoms with E-state index in [1.807, 2.05) is 0 Å². The molecule has 0 aliphatic rings. The first-order valence-electron chi connectivity index (χ1n) is 28.5. The third-order valence-corrected chi connectivity index (χ3v) is 13.1. The zero-order chi connectivity index (χ0) is 45.8. The van der Waals surface area contributed by atoms with Gasteiger partial charge in [0.05, 0.1) is 0 Å². The molecule has 0 fully saturated rings. The molecule has 0 aromatic rings. The van der Waals surface area contributed by atoms with Gasteiger partial charge in [0.1, 0.15) is 13.2 Å². The van der Waals surface area contributed by atoms with Crippen LogP contribution in [-0.4, -0.2) is 37.2 Å². The van der Waals surface area contributed by atoms with Crippen molar-refractivity contribution in [2.45, 2.75) is 335 Å². The molecule has 374 valence electrons. The minimum absolute atomic E-state index is 0.0650. The minimum atomic E-state index is -0.756. The molecule has 0 aromatic carbocycles. The molecule has 0 N–H and O–H groups in total. The summed E-state index contributed by atoms with van der Waals surface area (Å²) < 4.78 is 16.5. The maximum atomic E-state index is 12.5.